The summed E-state index contributed by atoms with van der Waals surface area (Å²) in [5.41, 5.74) is 0. The third-order valence-electron chi connectivity index (χ3n) is 0.595. The Morgan fingerprint density at radius 1 is 1.70 bits per heavy atom. The summed E-state index contributed by atoms with van der Waals surface area (Å²) in [5, 5.41) is 18.2. The van der Waals surface area contributed by atoms with Crippen LogP contribution in [-0.2, 0) is 4.74 Å². The molecule has 0 fully saturated rings. The molecule has 0 saturated carbocycles. The zero-order valence-corrected chi connectivity index (χ0v) is 5.46. The fourth-order valence-corrected chi connectivity index (χ4v) is 0.326. The lowest BCUT2D eigenvalue weighted by atomic mass is 10.8. The van der Waals surface area contributed by atoms with Gasteiger partial charge in [0, 0.05) is 0 Å². The van der Waals surface area contributed by atoms with Gasteiger partial charge in [-0.3, -0.25) is 0 Å². The summed E-state index contributed by atoms with van der Waals surface area (Å²) in [6, 6.07) is -0.0625. The van der Waals surface area contributed by atoms with Gasteiger partial charge in [0.15, 0.2) is 6.19 Å². The van der Waals surface area contributed by atoms with Crippen molar-refractivity contribution in [2.45, 2.75) is 6.92 Å². The third kappa shape index (κ3) is 3.28. The van der Waals surface area contributed by atoms with Crippen molar-refractivity contribution in [3.05, 3.63) is 0 Å². The second-order valence-corrected chi connectivity index (χ2v) is 1.19. The zero-order valence-electron chi connectivity index (χ0n) is 5.46. The van der Waals surface area contributed by atoms with Crippen LogP contribution in [0.2, 0.25) is 0 Å². The van der Waals surface area contributed by atoms with E-state index in [2.05, 4.69) is 10.3 Å². The molecule has 5 nitrogen and oxygen atoms in total. The molecule has 0 aliphatic rings. The zero-order chi connectivity index (χ0) is 7.82. The first kappa shape index (κ1) is 8.25. The van der Waals surface area contributed by atoms with Gasteiger partial charge in [-0.05, 0) is 6.92 Å². The molecular weight excluding hydrogens is 132 g/mol. The number of hydrogen-bond donors (Lipinski definition) is 1. The number of amidine groups is 1. The van der Waals surface area contributed by atoms with Crippen LogP contribution in [0.1, 0.15) is 6.92 Å². The van der Waals surface area contributed by atoms with E-state index in [9.17, 15) is 0 Å². The van der Waals surface area contributed by atoms with Gasteiger partial charge in [0.1, 0.15) is 0 Å². The van der Waals surface area contributed by atoms with Crippen LogP contribution in [0, 0.1) is 22.9 Å². The van der Waals surface area contributed by atoms with Crippen LogP contribution in [-0.4, -0.2) is 12.6 Å². The summed E-state index contributed by atoms with van der Waals surface area (Å²) in [6.07, 6.45) is 3.07. The fourth-order valence-electron chi connectivity index (χ4n) is 0.326. The summed E-state index contributed by atoms with van der Waals surface area (Å²) in [4.78, 5) is 3.17. The maximum Gasteiger partial charge on any atom is 0.313 e. The average Bonchev–Trinajstić information content (AvgIpc) is 1.90. The van der Waals surface area contributed by atoms with Crippen molar-refractivity contribution in [1.29, 1.82) is 10.5 Å². The van der Waals surface area contributed by atoms with Crippen LogP contribution in [0.15, 0.2) is 4.99 Å². The van der Waals surface area contributed by atoms with Crippen molar-refractivity contribution in [1.82, 2.24) is 5.32 Å². The molecule has 0 unspecified atom stereocenters. The Labute approximate surface area is 58.5 Å². The van der Waals surface area contributed by atoms with Crippen LogP contribution in [0.5, 0.6) is 0 Å². The number of ether oxygens (including phenoxy) is 1. The van der Waals surface area contributed by atoms with E-state index in [0.29, 0.717) is 6.61 Å². The molecule has 10 heavy (non-hydrogen) atoms. The van der Waals surface area contributed by atoms with Gasteiger partial charge >= 0.3 is 6.02 Å². The first-order chi connectivity index (χ1) is 4.85. The summed E-state index contributed by atoms with van der Waals surface area (Å²) >= 11 is 0. The Kier molecular flexibility index (Phi) is 4.45. The maximum absolute atomic E-state index is 8.06. The number of nitriles is 2. The number of hydrogen-bond acceptors (Lipinski definition) is 4. The molecule has 0 rings (SSSR count). The lowest BCUT2D eigenvalue weighted by molar-refractivity contribution is 0.316. The van der Waals surface area contributed by atoms with Crippen LogP contribution in [0.4, 0.5) is 0 Å². The minimum Gasteiger partial charge on any atom is -0.464 e. The maximum atomic E-state index is 8.06. The average molecular weight is 138 g/mol. The van der Waals surface area contributed by atoms with Crippen molar-refractivity contribution < 1.29 is 4.74 Å². The van der Waals surface area contributed by atoms with Gasteiger partial charge < -0.3 is 4.74 Å². The normalized spacial score (nSPS) is 9.30. The number of rotatable bonds is 1. The second kappa shape index (κ2) is 5.39. The van der Waals surface area contributed by atoms with Gasteiger partial charge in [0.05, 0.1) is 6.61 Å². The van der Waals surface area contributed by atoms with Crippen LogP contribution < -0.4 is 5.32 Å². The molecule has 52 valence electrons. The first-order valence-electron chi connectivity index (χ1n) is 2.59. The van der Waals surface area contributed by atoms with Crippen LogP contribution in [0.3, 0.4) is 0 Å². The molecule has 0 bridgehead atoms. The second-order valence-electron chi connectivity index (χ2n) is 1.19. The highest BCUT2D eigenvalue weighted by atomic mass is 16.5. The van der Waals surface area contributed by atoms with Crippen molar-refractivity contribution in [2.24, 2.45) is 4.99 Å². The van der Waals surface area contributed by atoms with E-state index in [0.717, 1.165) is 0 Å². The Bertz CT molecular complexity index is 197. The standard InChI is InChI=1S/C5H6N4O/c1-2-10-5(8-3-6)9-4-7/h2H2,1H3,(H,8,9). The number of nitrogens with one attached hydrogen (secondary N) is 1. The molecule has 0 radical (unpaired) electrons. The van der Waals surface area contributed by atoms with Gasteiger partial charge in [-0.25, -0.2) is 5.32 Å². The highest BCUT2D eigenvalue weighted by molar-refractivity contribution is 5.75. The van der Waals surface area contributed by atoms with E-state index in [1.807, 2.05) is 0 Å². The van der Waals surface area contributed by atoms with Crippen molar-refractivity contribution >= 4 is 6.02 Å². The Morgan fingerprint density at radius 3 is 2.80 bits per heavy atom. The van der Waals surface area contributed by atoms with Crippen molar-refractivity contribution in [2.75, 3.05) is 6.61 Å². The molecule has 0 aliphatic heterocycles. The molecule has 0 aromatic carbocycles. The lowest BCUT2D eigenvalue weighted by Gasteiger charge is -1.99. The van der Waals surface area contributed by atoms with Crippen molar-refractivity contribution in [3.63, 3.8) is 0 Å². The summed E-state index contributed by atoms with van der Waals surface area (Å²) in [6.45, 7) is 2.10. The van der Waals surface area contributed by atoms with Crippen molar-refractivity contribution in [3.8, 4) is 12.4 Å². The van der Waals surface area contributed by atoms with Crippen LogP contribution in [0.25, 0.3) is 0 Å². The van der Waals surface area contributed by atoms with Gasteiger partial charge in [-0.2, -0.15) is 10.5 Å². The van der Waals surface area contributed by atoms with Gasteiger partial charge in [-0.1, -0.05) is 0 Å². The van der Waals surface area contributed by atoms with E-state index < -0.39 is 0 Å². The minimum atomic E-state index is -0.0625. The summed E-state index contributed by atoms with van der Waals surface area (Å²) in [5.74, 6) is 0. The number of nitrogens with zero attached hydrogens (tertiary/aromatic N) is 3. The highest BCUT2D eigenvalue weighted by Crippen LogP contribution is 1.76. The Hall–Kier alpha value is -1.75. The SMILES string of the molecule is CCOC(=NC#N)NC#N. The van der Waals surface area contributed by atoms with Gasteiger partial charge in [-0.15, -0.1) is 4.99 Å². The molecule has 5 heteroatoms. The molecule has 1 N–H and O–H groups in total. The molecular formula is C5H6N4O. The monoisotopic (exact) mass is 138 g/mol. The molecule has 0 amide bonds. The predicted molar refractivity (Wildman–Crippen MR) is 33.4 cm³/mol. The topological polar surface area (TPSA) is 81.2 Å². The molecule has 0 heterocycles. The summed E-state index contributed by atoms with van der Waals surface area (Å²) in [7, 11) is 0. The van der Waals surface area contributed by atoms with E-state index in [4.69, 9.17) is 15.3 Å². The van der Waals surface area contributed by atoms with E-state index in [1.165, 1.54) is 6.19 Å². The summed E-state index contributed by atoms with van der Waals surface area (Å²) < 4.78 is 4.72. The molecule has 0 saturated heterocycles. The molecule has 0 spiro atoms. The molecule has 0 aliphatic carbocycles. The largest absolute Gasteiger partial charge is 0.464 e. The molecule has 0 atom stereocenters. The fraction of sp³-hybridized carbons (Fsp3) is 0.400. The minimum absolute atomic E-state index is 0.0625. The smallest absolute Gasteiger partial charge is 0.313 e. The highest BCUT2D eigenvalue weighted by Gasteiger charge is 1.93. The van der Waals surface area contributed by atoms with Gasteiger partial charge in [0.25, 0.3) is 0 Å². The Balaban J connectivity index is 3.90. The van der Waals surface area contributed by atoms with E-state index in [1.54, 1.807) is 13.1 Å². The van der Waals surface area contributed by atoms with Gasteiger partial charge in [0.2, 0.25) is 6.19 Å². The molecule has 0 aromatic heterocycles. The third-order valence-corrected chi connectivity index (χ3v) is 0.595. The molecule has 0 aromatic rings. The predicted octanol–water partition coefficient (Wildman–Crippen LogP) is -0.0693. The van der Waals surface area contributed by atoms with E-state index in [-0.39, 0.29) is 6.02 Å². The number of aliphatic imine (C=N–C) groups is 1. The van der Waals surface area contributed by atoms with Crippen LogP contribution >= 0.6 is 0 Å². The van der Waals surface area contributed by atoms with E-state index >= 15 is 0 Å². The Morgan fingerprint density at radius 2 is 2.40 bits per heavy atom. The quantitative estimate of drug-likeness (QED) is 0.238. The first-order valence-corrected chi connectivity index (χ1v) is 2.59. The lowest BCUT2D eigenvalue weighted by Crippen LogP contribution is -2.20.